The zero-order valence-corrected chi connectivity index (χ0v) is 25.1. The van der Waals surface area contributed by atoms with Gasteiger partial charge in [0.25, 0.3) is 11.8 Å². The van der Waals surface area contributed by atoms with Crippen LogP contribution in [-0.4, -0.2) is 38.0 Å². The molecule has 232 valence electrons. The van der Waals surface area contributed by atoms with Crippen molar-refractivity contribution in [2.24, 2.45) is 0 Å². The minimum Gasteiger partial charge on any atom is -0.485 e. The number of hydrogen-bond acceptors (Lipinski definition) is 7. The summed E-state index contributed by atoms with van der Waals surface area (Å²) in [5.74, 6) is 1.68. The van der Waals surface area contributed by atoms with Crippen LogP contribution in [0.2, 0.25) is 0 Å². The van der Waals surface area contributed by atoms with Crippen LogP contribution in [0, 0.1) is 0 Å². The Morgan fingerprint density at radius 2 is 0.889 bits per heavy atom. The van der Waals surface area contributed by atoms with E-state index in [-0.39, 0.29) is 11.8 Å². The third kappa shape index (κ3) is 7.38. The number of rotatable bonds is 10. The number of nitrogens with one attached hydrogen (secondary N) is 3. The Bertz CT molecular complexity index is 1530. The average Bonchev–Trinajstić information content (AvgIpc) is 3.05. The molecule has 0 fully saturated rings. The molecule has 2 amide bonds. The fourth-order valence-electron chi connectivity index (χ4n) is 5.35. The second-order valence-corrected chi connectivity index (χ2v) is 10.9. The normalized spacial score (nSPS) is 13.2. The Hall–Kier alpha value is -5.02. The van der Waals surface area contributed by atoms with E-state index in [2.05, 4.69) is 16.0 Å². The Labute approximate surface area is 262 Å². The maximum Gasteiger partial charge on any atom is 0.255 e. The summed E-state index contributed by atoms with van der Waals surface area (Å²) in [5.41, 5.74) is 5.16. The number of carbonyl (C=O) groups is 2. The number of carbonyl (C=O) groups excluding carboxylic acids is 2. The van der Waals surface area contributed by atoms with Gasteiger partial charge in [-0.25, -0.2) is 0 Å². The predicted octanol–water partition coefficient (Wildman–Crippen LogP) is 5.16. The lowest BCUT2D eigenvalue weighted by molar-refractivity contribution is 0.0939. The van der Waals surface area contributed by atoms with Crippen LogP contribution in [0.3, 0.4) is 0 Å². The lowest BCUT2D eigenvalue weighted by Crippen LogP contribution is -2.30. The van der Waals surface area contributed by atoms with E-state index >= 15 is 0 Å². The number of benzene rings is 4. The highest BCUT2D eigenvalue weighted by Gasteiger charge is 2.21. The smallest absolute Gasteiger partial charge is 0.255 e. The molecule has 6 rings (SSSR count). The summed E-state index contributed by atoms with van der Waals surface area (Å²) in [6, 6.07) is 26.7. The van der Waals surface area contributed by atoms with Gasteiger partial charge in [0.1, 0.15) is 26.4 Å². The molecule has 0 atom stereocenters. The summed E-state index contributed by atoms with van der Waals surface area (Å²) in [6.45, 7) is 4.12. The molecule has 0 aromatic heterocycles. The molecule has 4 aromatic carbocycles. The summed E-state index contributed by atoms with van der Waals surface area (Å²) < 4.78 is 24.0. The second-order valence-electron chi connectivity index (χ2n) is 10.9. The minimum absolute atomic E-state index is 0.194. The van der Waals surface area contributed by atoms with Crippen molar-refractivity contribution in [3.05, 3.63) is 118 Å². The second kappa shape index (κ2) is 14.6. The fourth-order valence-corrected chi connectivity index (χ4v) is 5.35. The summed E-state index contributed by atoms with van der Waals surface area (Å²) in [6.07, 6.45) is 1.52. The zero-order chi connectivity index (χ0) is 30.8. The summed E-state index contributed by atoms with van der Waals surface area (Å²) in [5, 5.41) is 9.34. The van der Waals surface area contributed by atoms with E-state index < -0.39 is 0 Å². The molecular formula is C36H37N3O6. The van der Waals surface area contributed by atoms with Crippen LogP contribution < -0.4 is 34.9 Å². The van der Waals surface area contributed by atoms with Crippen LogP contribution in [0.5, 0.6) is 23.0 Å². The van der Waals surface area contributed by atoms with Gasteiger partial charge in [0.15, 0.2) is 23.0 Å². The molecule has 45 heavy (non-hydrogen) atoms. The van der Waals surface area contributed by atoms with Gasteiger partial charge in [-0.3, -0.25) is 9.59 Å². The van der Waals surface area contributed by atoms with Gasteiger partial charge < -0.3 is 34.9 Å². The molecule has 0 saturated carbocycles. The van der Waals surface area contributed by atoms with Gasteiger partial charge in [-0.1, -0.05) is 60.7 Å². The maximum absolute atomic E-state index is 13.0. The van der Waals surface area contributed by atoms with Crippen LogP contribution in [0.1, 0.15) is 55.8 Å². The molecule has 2 aliphatic rings. The first-order valence-corrected chi connectivity index (χ1v) is 15.4. The molecule has 0 saturated heterocycles. The number of para-hydroxylation sites is 2. The summed E-state index contributed by atoms with van der Waals surface area (Å²) in [7, 11) is 0. The lowest BCUT2D eigenvalue weighted by Gasteiger charge is -2.21. The van der Waals surface area contributed by atoms with E-state index in [1.165, 1.54) is 0 Å². The van der Waals surface area contributed by atoms with Crippen LogP contribution >= 0.6 is 0 Å². The molecule has 0 aliphatic carbocycles. The van der Waals surface area contributed by atoms with Crippen molar-refractivity contribution in [3.8, 4) is 23.0 Å². The highest BCUT2D eigenvalue weighted by molar-refractivity contribution is 5.98. The van der Waals surface area contributed by atoms with E-state index in [0.717, 1.165) is 48.2 Å². The number of ether oxygens (including phenoxy) is 4. The van der Waals surface area contributed by atoms with Gasteiger partial charge in [0.2, 0.25) is 0 Å². The standard InChI is InChI=1S/C36H37N3O6/c40-35(29-13-5-15-31-33(29)44-23-27-11-3-1-9-25(27)21-42-31)38-19-7-17-37-18-8-20-39-36(41)30-14-6-16-32-34(30)45-24-28-12-4-2-10-26(28)22-43-32/h1-6,9-16,37H,7-8,17-24H2,(H,38,40)(H,39,41). The van der Waals surface area contributed by atoms with Crippen LogP contribution in [0.25, 0.3) is 0 Å². The van der Waals surface area contributed by atoms with Gasteiger partial charge in [-0.2, -0.15) is 0 Å². The molecule has 9 heteroatoms. The highest BCUT2D eigenvalue weighted by atomic mass is 16.5. The molecule has 3 N–H and O–H groups in total. The van der Waals surface area contributed by atoms with Crippen molar-refractivity contribution >= 4 is 11.8 Å². The largest absolute Gasteiger partial charge is 0.485 e. The molecule has 0 radical (unpaired) electrons. The first-order valence-electron chi connectivity index (χ1n) is 15.4. The van der Waals surface area contributed by atoms with Crippen molar-refractivity contribution < 1.29 is 28.5 Å². The van der Waals surface area contributed by atoms with Gasteiger partial charge in [0, 0.05) is 13.1 Å². The van der Waals surface area contributed by atoms with Crippen LogP contribution in [0.15, 0.2) is 84.9 Å². The summed E-state index contributed by atoms with van der Waals surface area (Å²) in [4.78, 5) is 25.9. The van der Waals surface area contributed by atoms with E-state index in [1.54, 1.807) is 24.3 Å². The van der Waals surface area contributed by atoms with Crippen LogP contribution in [0.4, 0.5) is 0 Å². The topological polar surface area (TPSA) is 107 Å². The molecule has 0 bridgehead atoms. The maximum atomic E-state index is 13.0. The molecule has 2 heterocycles. The van der Waals surface area contributed by atoms with Crippen molar-refractivity contribution in [2.45, 2.75) is 39.3 Å². The van der Waals surface area contributed by atoms with Gasteiger partial charge in [-0.15, -0.1) is 0 Å². The van der Waals surface area contributed by atoms with Gasteiger partial charge in [-0.05, 0) is 72.5 Å². The predicted molar refractivity (Wildman–Crippen MR) is 170 cm³/mol. The van der Waals surface area contributed by atoms with Gasteiger partial charge in [0.05, 0.1) is 11.1 Å². The number of hydrogen-bond donors (Lipinski definition) is 3. The molecule has 9 nitrogen and oxygen atoms in total. The Morgan fingerprint density at radius 1 is 0.489 bits per heavy atom. The van der Waals surface area contributed by atoms with E-state index in [4.69, 9.17) is 18.9 Å². The van der Waals surface area contributed by atoms with Gasteiger partial charge >= 0.3 is 0 Å². The van der Waals surface area contributed by atoms with E-state index in [1.807, 2.05) is 60.7 Å². The third-order valence-electron chi connectivity index (χ3n) is 7.83. The Morgan fingerprint density at radius 3 is 1.31 bits per heavy atom. The summed E-state index contributed by atoms with van der Waals surface area (Å²) >= 11 is 0. The monoisotopic (exact) mass is 607 g/mol. The quantitative estimate of drug-likeness (QED) is 0.214. The zero-order valence-electron chi connectivity index (χ0n) is 25.1. The SMILES string of the molecule is O=C(NCCCNCCCNC(=O)c1cccc2c1OCc1ccccc1CO2)c1cccc2c1OCc1ccccc1CO2. The number of fused-ring (bicyclic) bond motifs is 4. The molecule has 0 spiro atoms. The van der Waals surface area contributed by atoms with E-state index in [9.17, 15) is 9.59 Å². The molecule has 2 aliphatic heterocycles. The highest BCUT2D eigenvalue weighted by Crippen LogP contribution is 2.36. The van der Waals surface area contributed by atoms with Crippen molar-refractivity contribution in [3.63, 3.8) is 0 Å². The average molecular weight is 608 g/mol. The van der Waals surface area contributed by atoms with E-state index in [0.29, 0.717) is 73.6 Å². The first-order chi connectivity index (χ1) is 22.2. The Kier molecular flexibility index (Phi) is 9.77. The molecular weight excluding hydrogens is 570 g/mol. The fraction of sp³-hybridized carbons (Fsp3) is 0.278. The molecule has 4 aromatic rings. The molecule has 0 unspecified atom stereocenters. The van der Waals surface area contributed by atoms with Crippen molar-refractivity contribution in [1.82, 2.24) is 16.0 Å². The lowest BCUT2D eigenvalue weighted by atomic mass is 10.1. The van der Waals surface area contributed by atoms with Crippen molar-refractivity contribution in [1.29, 1.82) is 0 Å². The first kappa shape index (κ1) is 30.0. The van der Waals surface area contributed by atoms with Crippen molar-refractivity contribution in [2.75, 3.05) is 26.2 Å². The van der Waals surface area contributed by atoms with Crippen LogP contribution in [-0.2, 0) is 26.4 Å². The minimum atomic E-state index is -0.194. The Balaban J connectivity index is 0.895. The number of amides is 2. The third-order valence-corrected chi connectivity index (χ3v) is 7.83.